The zero-order chi connectivity index (χ0) is 20.8. The lowest BCUT2D eigenvalue weighted by Gasteiger charge is -2.26. The lowest BCUT2D eigenvalue weighted by atomic mass is 9.88. The zero-order valence-corrected chi connectivity index (χ0v) is 16.5. The van der Waals surface area contributed by atoms with Gasteiger partial charge in [-0.15, -0.1) is 0 Å². The number of aryl methyl sites for hydroxylation is 1. The van der Waals surface area contributed by atoms with E-state index in [4.69, 9.17) is 13.9 Å². The number of furan rings is 1. The molecule has 6 nitrogen and oxygen atoms in total. The summed E-state index contributed by atoms with van der Waals surface area (Å²) >= 11 is 0. The van der Waals surface area contributed by atoms with Crippen molar-refractivity contribution in [3.8, 4) is 5.75 Å². The molecule has 1 amide bonds. The molecule has 1 aliphatic rings. The molecule has 0 fully saturated rings. The number of para-hydroxylation sites is 1. The quantitative estimate of drug-likeness (QED) is 0.596. The van der Waals surface area contributed by atoms with E-state index in [9.17, 15) is 9.59 Å². The molecular formula is C24H23NO5. The molecule has 0 saturated heterocycles. The van der Waals surface area contributed by atoms with Crippen molar-refractivity contribution in [1.82, 2.24) is 5.32 Å². The topological polar surface area (TPSA) is 77.8 Å². The van der Waals surface area contributed by atoms with Gasteiger partial charge in [0.25, 0.3) is 5.91 Å². The van der Waals surface area contributed by atoms with Gasteiger partial charge in [-0.2, -0.15) is 0 Å². The van der Waals surface area contributed by atoms with E-state index in [-0.39, 0.29) is 30.9 Å². The zero-order valence-electron chi connectivity index (χ0n) is 16.5. The van der Waals surface area contributed by atoms with Crippen molar-refractivity contribution in [3.63, 3.8) is 0 Å². The van der Waals surface area contributed by atoms with Crippen molar-refractivity contribution in [2.24, 2.45) is 0 Å². The molecule has 0 saturated carbocycles. The maximum atomic E-state index is 12.3. The summed E-state index contributed by atoms with van der Waals surface area (Å²) < 4.78 is 16.2. The van der Waals surface area contributed by atoms with Crippen molar-refractivity contribution >= 4 is 11.9 Å². The molecular weight excluding hydrogens is 382 g/mol. The van der Waals surface area contributed by atoms with E-state index in [0.717, 1.165) is 24.8 Å². The first kappa shape index (κ1) is 19.8. The van der Waals surface area contributed by atoms with Gasteiger partial charge in [0.2, 0.25) is 5.76 Å². The smallest absolute Gasteiger partial charge is 0.374 e. The maximum absolute atomic E-state index is 12.3. The number of carbonyl (C=O) groups is 2. The second-order valence-corrected chi connectivity index (χ2v) is 7.15. The third-order valence-electron chi connectivity index (χ3n) is 5.03. The molecule has 0 aliphatic heterocycles. The Labute approximate surface area is 174 Å². The van der Waals surface area contributed by atoms with Crippen molar-refractivity contribution in [1.29, 1.82) is 0 Å². The van der Waals surface area contributed by atoms with Crippen LogP contribution in [-0.4, -0.2) is 18.5 Å². The Balaban J connectivity index is 1.26. The van der Waals surface area contributed by atoms with Gasteiger partial charge in [-0.25, -0.2) is 4.79 Å². The van der Waals surface area contributed by atoms with Gasteiger partial charge in [-0.3, -0.25) is 4.79 Å². The highest BCUT2D eigenvalue weighted by molar-refractivity contribution is 5.89. The highest BCUT2D eigenvalue weighted by atomic mass is 16.6. The Morgan fingerprint density at radius 1 is 1.00 bits per heavy atom. The fraction of sp³-hybridized carbons (Fsp3) is 0.250. The SMILES string of the molecule is O=C(COC(=O)c1ccc(COc2ccccc2)o1)N[C@H]1CCCc2ccccc21. The predicted octanol–water partition coefficient (Wildman–Crippen LogP) is 4.21. The number of nitrogens with one attached hydrogen (secondary N) is 1. The number of hydrogen-bond acceptors (Lipinski definition) is 5. The van der Waals surface area contributed by atoms with Crippen LogP contribution in [0.4, 0.5) is 0 Å². The van der Waals surface area contributed by atoms with Crippen LogP contribution in [0.25, 0.3) is 0 Å². The van der Waals surface area contributed by atoms with E-state index < -0.39 is 5.97 Å². The van der Waals surface area contributed by atoms with E-state index in [1.54, 1.807) is 6.07 Å². The Morgan fingerprint density at radius 2 is 1.80 bits per heavy atom. The van der Waals surface area contributed by atoms with Crippen molar-refractivity contribution in [2.45, 2.75) is 31.9 Å². The molecule has 3 aromatic rings. The number of carbonyl (C=O) groups excluding carboxylic acids is 2. The van der Waals surface area contributed by atoms with Gasteiger partial charge in [0.1, 0.15) is 18.1 Å². The standard InChI is InChI=1S/C24H23NO5/c26-23(25-21-12-6-8-17-7-4-5-11-20(17)21)16-29-24(27)22-14-13-19(30-22)15-28-18-9-2-1-3-10-18/h1-5,7,9-11,13-14,21H,6,8,12,15-16H2,(H,25,26)/t21-/m0/s1. The largest absolute Gasteiger partial charge is 0.486 e. The first-order chi connectivity index (χ1) is 14.7. The van der Waals surface area contributed by atoms with Crippen LogP contribution >= 0.6 is 0 Å². The third kappa shape index (κ3) is 4.89. The first-order valence-corrected chi connectivity index (χ1v) is 10.00. The monoisotopic (exact) mass is 405 g/mol. The van der Waals surface area contributed by atoms with Crippen molar-refractivity contribution < 1.29 is 23.5 Å². The van der Waals surface area contributed by atoms with Crippen LogP contribution in [0.5, 0.6) is 5.75 Å². The second-order valence-electron chi connectivity index (χ2n) is 7.15. The van der Waals surface area contributed by atoms with E-state index in [2.05, 4.69) is 11.4 Å². The summed E-state index contributed by atoms with van der Waals surface area (Å²) in [7, 11) is 0. The van der Waals surface area contributed by atoms with Gasteiger partial charge in [0, 0.05) is 0 Å². The summed E-state index contributed by atoms with van der Waals surface area (Å²) in [6.45, 7) is -0.160. The van der Waals surface area contributed by atoms with Crippen molar-refractivity contribution in [2.75, 3.05) is 6.61 Å². The van der Waals surface area contributed by atoms with Crippen molar-refractivity contribution in [3.05, 3.63) is 89.4 Å². The number of esters is 1. The van der Waals surface area contributed by atoms with Crippen LogP contribution < -0.4 is 10.1 Å². The number of amides is 1. The van der Waals surface area contributed by atoms with Crippen LogP contribution in [-0.2, 0) is 22.6 Å². The minimum absolute atomic E-state index is 0.0393. The molecule has 1 N–H and O–H groups in total. The van der Waals surface area contributed by atoms with Gasteiger partial charge in [-0.05, 0) is 54.7 Å². The summed E-state index contributed by atoms with van der Waals surface area (Å²) in [4.78, 5) is 24.5. The number of benzene rings is 2. The lowest BCUT2D eigenvalue weighted by Crippen LogP contribution is -2.34. The summed E-state index contributed by atoms with van der Waals surface area (Å²) in [6, 6.07) is 20.5. The molecule has 1 aliphatic carbocycles. The average Bonchev–Trinajstić information content (AvgIpc) is 3.26. The molecule has 30 heavy (non-hydrogen) atoms. The normalized spacial score (nSPS) is 15.1. The number of ether oxygens (including phenoxy) is 2. The summed E-state index contributed by atoms with van der Waals surface area (Å²) in [5.74, 6) is 0.231. The Hall–Kier alpha value is -3.54. The Bertz CT molecular complexity index is 1010. The van der Waals surface area contributed by atoms with Gasteiger partial charge in [0.15, 0.2) is 6.61 Å². The second kappa shape index (κ2) is 9.31. The average molecular weight is 405 g/mol. The highest BCUT2D eigenvalue weighted by Gasteiger charge is 2.22. The fourth-order valence-electron chi connectivity index (χ4n) is 3.58. The van der Waals surface area contributed by atoms with E-state index in [1.165, 1.54) is 11.6 Å². The molecule has 0 radical (unpaired) electrons. The molecule has 1 aromatic heterocycles. The van der Waals surface area contributed by atoms with Gasteiger partial charge < -0.3 is 19.2 Å². The molecule has 0 bridgehead atoms. The number of hydrogen-bond donors (Lipinski definition) is 1. The minimum atomic E-state index is -0.680. The molecule has 0 spiro atoms. The van der Waals surface area contributed by atoms with E-state index in [0.29, 0.717) is 11.5 Å². The van der Waals surface area contributed by atoms with Gasteiger partial charge in [-0.1, -0.05) is 42.5 Å². The van der Waals surface area contributed by atoms with E-state index >= 15 is 0 Å². The number of fused-ring (bicyclic) bond motifs is 1. The summed E-state index contributed by atoms with van der Waals surface area (Å²) in [5, 5.41) is 2.96. The van der Waals surface area contributed by atoms with E-state index in [1.807, 2.05) is 48.5 Å². The Kier molecular flexibility index (Phi) is 6.13. The Morgan fingerprint density at radius 3 is 2.67 bits per heavy atom. The van der Waals surface area contributed by atoms with Crippen LogP contribution in [0.2, 0.25) is 0 Å². The van der Waals surface area contributed by atoms with Crippen LogP contribution in [0.3, 0.4) is 0 Å². The van der Waals surface area contributed by atoms with Gasteiger partial charge in [0.05, 0.1) is 6.04 Å². The lowest BCUT2D eigenvalue weighted by molar-refractivity contribution is -0.125. The fourth-order valence-corrected chi connectivity index (χ4v) is 3.58. The third-order valence-corrected chi connectivity index (χ3v) is 5.03. The number of rotatable bonds is 7. The molecule has 0 unspecified atom stereocenters. The first-order valence-electron chi connectivity index (χ1n) is 10.00. The van der Waals surface area contributed by atoms with Gasteiger partial charge >= 0.3 is 5.97 Å². The molecule has 1 heterocycles. The molecule has 1 atom stereocenters. The van der Waals surface area contributed by atoms with Crippen LogP contribution in [0, 0.1) is 0 Å². The minimum Gasteiger partial charge on any atom is -0.486 e. The maximum Gasteiger partial charge on any atom is 0.374 e. The summed E-state index contributed by atoms with van der Waals surface area (Å²) in [5.41, 5.74) is 2.39. The van der Waals surface area contributed by atoms with Crippen LogP contribution in [0.1, 0.15) is 46.3 Å². The molecule has 6 heteroatoms. The predicted molar refractivity (Wildman–Crippen MR) is 110 cm³/mol. The molecule has 4 rings (SSSR count). The molecule has 154 valence electrons. The van der Waals surface area contributed by atoms with Crippen LogP contribution in [0.15, 0.2) is 71.1 Å². The molecule has 2 aromatic carbocycles. The highest BCUT2D eigenvalue weighted by Crippen LogP contribution is 2.29. The summed E-state index contributed by atoms with van der Waals surface area (Å²) in [6.07, 6.45) is 2.91.